The molecule has 1 heterocycles. The maximum atomic E-state index is 13.3. The number of benzene rings is 1. The minimum absolute atomic E-state index is 0.314. The molecule has 0 spiro atoms. The van der Waals surface area contributed by atoms with Crippen molar-refractivity contribution in [1.29, 1.82) is 0 Å². The van der Waals surface area contributed by atoms with Crippen LogP contribution in [0.4, 0.5) is 4.39 Å². The second kappa shape index (κ2) is 2.60. The molecule has 0 fully saturated rings. The predicted molar refractivity (Wildman–Crippen MR) is 48.7 cm³/mol. The molecule has 2 aromatic rings. The number of aryl methyl sites for hydroxylation is 1. The van der Waals surface area contributed by atoms with Crippen LogP contribution >= 0.6 is 0 Å². The molecule has 0 aliphatic carbocycles. The molecule has 13 heavy (non-hydrogen) atoms. The second-order valence-electron chi connectivity index (χ2n) is 2.83. The lowest BCUT2D eigenvalue weighted by molar-refractivity contribution is 0.625. The van der Waals surface area contributed by atoms with Crippen LogP contribution in [-0.4, -0.2) is 10.2 Å². The molecule has 0 aliphatic rings. The van der Waals surface area contributed by atoms with Gasteiger partial charge in [0.1, 0.15) is 5.82 Å². The van der Waals surface area contributed by atoms with Crippen LogP contribution in [0.2, 0.25) is 0 Å². The summed E-state index contributed by atoms with van der Waals surface area (Å²) in [5.41, 5.74) is 1.74. The van der Waals surface area contributed by atoms with Gasteiger partial charge in [0.05, 0.1) is 17.3 Å². The Morgan fingerprint density at radius 3 is 3.08 bits per heavy atom. The van der Waals surface area contributed by atoms with Gasteiger partial charge in [-0.05, 0) is 12.5 Å². The molecule has 1 N–H and O–H groups in total. The van der Waals surface area contributed by atoms with E-state index in [4.69, 9.17) is 6.42 Å². The Labute approximate surface area is 74.8 Å². The summed E-state index contributed by atoms with van der Waals surface area (Å²) >= 11 is 0. The Bertz CT molecular complexity index is 505. The highest BCUT2D eigenvalue weighted by molar-refractivity contribution is 5.83. The number of terminal acetylenes is 1. The van der Waals surface area contributed by atoms with Crippen molar-refractivity contribution in [2.24, 2.45) is 0 Å². The first-order valence-corrected chi connectivity index (χ1v) is 3.83. The third-order valence-electron chi connectivity index (χ3n) is 2.10. The maximum absolute atomic E-state index is 13.3. The fraction of sp³-hybridized carbons (Fsp3) is 0.100. The predicted octanol–water partition coefficient (Wildman–Crippen LogP) is 1.99. The lowest BCUT2D eigenvalue weighted by atomic mass is 10.0. The van der Waals surface area contributed by atoms with Crippen LogP contribution in [0.1, 0.15) is 11.1 Å². The minimum Gasteiger partial charge on any atom is -0.278 e. The SMILES string of the molecule is C#Cc1c(F)cc2[nH]ncc2c1C. The number of aromatic nitrogens is 2. The van der Waals surface area contributed by atoms with Gasteiger partial charge in [0.2, 0.25) is 0 Å². The Morgan fingerprint density at radius 2 is 2.38 bits per heavy atom. The smallest absolute Gasteiger partial charge is 0.141 e. The van der Waals surface area contributed by atoms with E-state index in [-0.39, 0.29) is 5.82 Å². The van der Waals surface area contributed by atoms with Gasteiger partial charge in [-0.3, -0.25) is 5.10 Å². The van der Waals surface area contributed by atoms with E-state index in [1.54, 1.807) is 13.1 Å². The van der Waals surface area contributed by atoms with Gasteiger partial charge in [-0.2, -0.15) is 5.10 Å². The number of nitrogens with zero attached hydrogens (tertiary/aromatic N) is 1. The van der Waals surface area contributed by atoms with E-state index in [0.717, 1.165) is 10.9 Å². The fourth-order valence-corrected chi connectivity index (χ4v) is 1.39. The van der Waals surface area contributed by atoms with Gasteiger partial charge < -0.3 is 0 Å². The fourth-order valence-electron chi connectivity index (χ4n) is 1.39. The molecule has 2 nitrogen and oxygen atoms in total. The summed E-state index contributed by atoms with van der Waals surface area (Å²) in [6.07, 6.45) is 6.83. The third kappa shape index (κ3) is 0.994. The minimum atomic E-state index is -0.378. The molecule has 1 aromatic carbocycles. The van der Waals surface area contributed by atoms with Crippen LogP contribution in [0.25, 0.3) is 10.9 Å². The first-order valence-electron chi connectivity index (χ1n) is 3.83. The summed E-state index contributed by atoms with van der Waals surface area (Å²) in [5.74, 6) is 1.95. The van der Waals surface area contributed by atoms with Gasteiger partial charge in [-0.25, -0.2) is 4.39 Å². The topological polar surface area (TPSA) is 28.7 Å². The van der Waals surface area contributed by atoms with Gasteiger partial charge in [0, 0.05) is 11.5 Å². The normalized spacial score (nSPS) is 10.2. The Morgan fingerprint density at radius 1 is 1.62 bits per heavy atom. The van der Waals surface area contributed by atoms with Crippen molar-refractivity contribution in [2.75, 3.05) is 0 Å². The first kappa shape index (κ1) is 7.81. The van der Waals surface area contributed by atoms with Crippen LogP contribution in [0.5, 0.6) is 0 Å². The van der Waals surface area contributed by atoms with Crippen LogP contribution in [-0.2, 0) is 0 Å². The third-order valence-corrected chi connectivity index (χ3v) is 2.10. The molecule has 0 amide bonds. The molecule has 2 rings (SSSR count). The number of halogens is 1. The van der Waals surface area contributed by atoms with Crippen molar-refractivity contribution in [3.8, 4) is 12.3 Å². The molecule has 0 saturated carbocycles. The monoisotopic (exact) mass is 174 g/mol. The summed E-state index contributed by atoms with van der Waals surface area (Å²) in [4.78, 5) is 0. The lowest BCUT2D eigenvalue weighted by Gasteiger charge is -2.00. The van der Waals surface area contributed by atoms with Crippen molar-refractivity contribution in [3.05, 3.63) is 29.2 Å². The van der Waals surface area contributed by atoms with Gasteiger partial charge in [-0.1, -0.05) is 5.92 Å². The van der Waals surface area contributed by atoms with Crippen molar-refractivity contribution in [2.45, 2.75) is 6.92 Å². The van der Waals surface area contributed by atoms with Crippen molar-refractivity contribution in [3.63, 3.8) is 0 Å². The first-order chi connectivity index (χ1) is 6.24. The Kier molecular flexibility index (Phi) is 1.56. The average Bonchev–Trinajstić information content (AvgIpc) is 2.53. The average molecular weight is 174 g/mol. The molecule has 0 saturated heterocycles. The van der Waals surface area contributed by atoms with E-state index in [1.165, 1.54) is 6.07 Å². The van der Waals surface area contributed by atoms with E-state index in [2.05, 4.69) is 16.1 Å². The van der Waals surface area contributed by atoms with Gasteiger partial charge in [0.25, 0.3) is 0 Å². The number of rotatable bonds is 0. The van der Waals surface area contributed by atoms with E-state index in [9.17, 15) is 4.39 Å². The van der Waals surface area contributed by atoms with E-state index in [0.29, 0.717) is 11.1 Å². The molecule has 0 bridgehead atoms. The maximum Gasteiger partial charge on any atom is 0.141 e. The summed E-state index contributed by atoms with van der Waals surface area (Å²) in [6.45, 7) is 1.79. The van der Waals surface area contributed by atoms with Crippen molar-refractivity contribution < 1.29 is 4.39 Å². The Balaban J connectivity index is 2.95. The van der Waals surface area contributed by atoms with Gasteiger partial charge >= 0.3 is 0 Å². The summed E-state index contributed by atoms with van der Waals surface area (Å²) in [7, 11) is 0. The molecular formula is C10H7FN2. The van der Waals surface area contributed by atoms with E-state index in [1.807, 2.05) is 0 Å². The van der Waals surface area contributed by atoms with Gasteiger partial charge in [-0.15, -0.1) is 6.42 Å². The number of fused-ring (bicyclic) bond motifs is 1. The van der Waals surface area contributed by atoms with Crippen LogP contribution in [0.15, 0.2) is 12.3 Å². The molecule has 0 radical (unpaired) electrons. The molecule has 64 valence electrons. The van der Waals surface area contributed by atoms with Crippen LogP contribution in [0, 0.1) is 25.1 Å². The summed E-state index contributed by atoms with van der Waals surface area (Å²) in [6, 6.07) is 1.37. The zero-order valence-electron chi connectivity index (χ0n) is 7.06. The molecule has 0 unspecified atom stereocenters. The van der Waals surface area contributed by atoms with E-state index >= 15 is 0 Å². The van der Waals surface area contributed by atoms with Gasteiger partial charge in [0.15, 0.2) is 0 Å². The quantitative estimate of drug-likeness (QED) is 0.608. The molecule has 0 atom stereocenters. The molecule has 3 heteroatoms. The zero-order chi connectivity index (χ0) is 9.42. The summed E-state index contributed by atoms with van der Waals surface area (Å²) < 4.78 is 13.3. The Hall–Kier alpha value is -1.82. The zero-order valence-corrected chi connectivity index (χ0v) is 7.06. The number of hydrogen-bond donors (Lipinski definition) is 1. The summed E-state index contributed by atoms with van der Waals surface area (Å²) in [5, 5.41) is 7.38. The number of H-pyrrole nitrogens is 1. The van der Waals surface area contributed by atoms with Crippen molar-refractivity contribution >= 4 is 10.9 Å². The van der Waals surface area contributed by atoms with Crippen LogP contribution < -0.4 is 0 Å². The lowest BCUT2D eigenvalue weighted by Crippen LogP contribution is -1.89. The molecule has 0 aliphatic heterocycles. The molecular weight excluding hydrogens is 167 g/mol. The number of hydrogen-bond acceptors (Lipinski definition) is 1. The van der Waals surface area contributed by atoms with Crippen LogP contribution in [0.3, 0.4) is 0 Å². The highest BCUT2D eigenvalue weighted by Gasteiger charge is 2.08. The highest BCUT2D eigenvalue weighted by atomic mass is 19.1. The second-order valence-corrected chi connectivity index (χ2v) is 2.83. The molecule has 1 aromatic heterocycles. The highest BCUT2D eigenvalue weighted by Crippen LogP contribution is 2.21. The number of aromatic amines is 1. The largest absolute Gasteiger partial charge is 0.278 e. The number of nitrogens with one attached hydrogen (secondary N) is 1. The standard InChI is InChI=1S/C10H7FN2/c1-3-7-6(2)8-5-12-13-10(8)4-9(7)11/h1,4-5H,2H3,(H,12,13). The van der Waals surface area contributed by atoms with Crippen molar-refractivity contribution in [1.82, 2.24) is 10.2 Å². The van der Waals surface area contributed by atoms with E-state index < -0.39 is 0 Å².